The molecule has 0 spiro atoms. The minimum atomic E-state index is 0.142. The van der Waals surface area contributed by atoms with Crippen LogP contribution in [0.2, 0.25) is 0 Å². The first kappa shape index (κ1) is 16.5. The second-order valence-electron chi connectivity index (χ2n) is 7.45. The summed E-state index contributed by atoms with van der Waals surface area (Å²) < 4.78 is 0. The molecule has 0 saturated carbocycles. The van der Waals surface area contributed by atoms with Gasteiger partial charge in [0.1, 0.15) is 0 Å². The zero-order valence-electron chi connectivity index (χ0n) is 13.9. The predicted molar refractivity (Wildman–Crippen MR) is 87.8 cm³/mol. The first-order valence-corrected chi connectivity index (χ1v) is 7.99. The van der Waals surface area contributed by atoms with Gasteiger partial charge in [0.15, 0.2) is 0 Å². The number of rotatable bonds is 3. The highest BCUT2D eigenvalue weighted by molar-refractivity contribution is 5.31. The van der Waals surface area contributed by atoms with Crippen molar-refractivity contribution in [2.24, 2.45) is 10.8 Å². The van der Waals surface area contributed by atoms with Crippen LogP contribution in [0.5, 0.6) is 0 Å². The summed E-state index contributed by atoms with van der Waals surface area (Å²) >= 11 is 0. The molecular weight excluding hydrogens is 270 g/mol. The summed E-state index contributed by atoms with van der Waals surface area (Å²) in [6, 6.07) is 12.4. The first-order valence-electron chi connectivity index (χ1n) is 7.99. The van der Waals surface area contributed by atoms with Gasteiger partial charge in [0.2, 0.25) is 0 Å². The Morgan fingerprint density at radius 3 is 2.14 bits per heavy atom. The van der Waals surface area contributed by atoms with Gasteiger partial charge >= 0.3 is 0 Å². The number of nitriles is 2. The maximum Gasteiger partial charge on any atom is 0.0991 e. The number of nitrogens with zero attached hydrogens (tertiary/aromatic N) is 3. The van der Waals surface area contributed by atoms with E-state index >= 15 is 0 Å². The molecule has 3 nitrogen and oxygen atoms in total. The molecule has 0 radical (unpaired) electrons. The van der Waals surface area contributed by atoms with Crippen molar-refractivity contribution in [3.8, 4) is 12.1 Å². The molecule has 0 bridgehead atoms. The zero-order valence-corrected chi connectivity index (χ0v) is 13.9. The molecule has 0 atom stereocenters. The lowest BCUT2D eigenvalue weighted by Crippen LogP contribution is -2.46. The summed E-state index contributed by atoms with van der Waals surface area (Å²) in [5.74, 6) is 0. The molecular formula is C19H25N3. The van der Waals surface area contributed by atoms with Gasteiger partial charge in [-0.1, -0.05) is 32.9 Å². The molecule has 3 heteroatoms. The molecule has 116 valence electrons. The number of piperidine rings is 1. The molecule has 1 aliphatic heterocycles. The average molecular weight is 295 g/mol. The highest BCUT2D eigenvalue weighted by Crippen LogP contribution is 2.49. The fraction of sp³-hybridized carbons (Fsp3) is 0.579. The Morgan fingerprint density at radius 1 is 1.09 bits per heavy atom. The second-order valence-corrected chi connectivity index (χ2v) is 7.45. The highest BCUT2D eigenvalue weighted by atomic mass is 15.1. The predicted octanol–water partition coefficient (Wildman–Crippen LogP) is 4.10. The Labute approximate surface area is 134 Å². The lowest BCUT2D eigenvalue weighted by atomic mass is 9.60. The van der Waals surface area contributed by atoms with Crippen molar-refractivity contribution in [3.63, 3.8) is 0 Å². The van der Waals surface area contributed by atoms with Gasteiger partial charge in [0, 0.05) is 13.0 Å². The molecule has 22 heavy (non-hydrogen) atoms. The van der Waals surface area contributed by atoms with E-state index in [1.807, 2.05) is 24.3 Å². The first-order chi connectivity index (χ1) is 10.4. The Balaban J connectivity index is 1.99. The van der Waals surface area contributed by atoms with Gasteiger partial charge in [-0.3, -0.25) is 4.90 Å². The van der Waals surface area contributed by atoms with Crippen LogP contribution in [-0.4, -0.2) is 18.0 Å². The van der Waals surface area contributed by atoms with E-state index < -0.39 is 0 Å². The molecule has 0 aromatic heterocycles. The van der Waals surface area contributed by atoms with Crippen LogP contribution < -0.4 is 0 Å². The van der Waals surface area contributed by atoms with E-state index in [2.05, 4.69) is 37.8 Å². The van der Waals surface area contributed by atoms with Gasteiger partial charge in [-0.2, -0.15) is 10.5 Å². The van der Waals surface area contributed by atoms with E-state index in [1.54, 1.807) is 0 Å². The molecule has 1 aromatic rings. The smallest absolute Gasteiger partial charge is 0.0991 e. The summed E-state index contributed by atoms with van der Waals surface area (Å²) in [7, 11) is 0. The summed E-state index contributed by atoms with van der Waals surface area (Å²) in [6.45, 7) is 9.80. The molecule has 1 aliphatic rings. The highest BCUT2D eigenvalue weighted by Gasteiger charge is 2.43. The summed E-state index contributed by atoms with van der Waals surface area (Å²) in [5, 5.41) is 18.1. The standard InChI is InChI=1S/C19H25N3/c1-18(2,3)19(8-11-20)9-12-22(13-10-19)15-17-6-4-16(14-21)5-7-17/h4-7H,8-10,12-13,15H2,1-3H3. The number of likely N-dealkylation sites (tertiary alicyclic amines) is 1. The number of hydrogen-bond acceptors (Lipinski definition) is 3. The molecule has 2 rings (SSSR count). The topological polar surface area (TPSA) is 50.8 Å². The van der Waals surface area contributed by atoms with Crippen LogP contribution in [0.3, 0.4) is 0 Å². The molecule has 0 unspecified atom stereocenters. The van der Waals surface area contributed by atoms with E-state index in [0.717, 1.165) is 32.5 Å². The average Bonchev–Trinajstić information content (AvgIpc) is 2.49. The fourth-order valence-corrected chi connectivity index (χ4v) is 3.43. The Kier molecular flexibility index (Phi) is 4.89. The number of hydrogen-bond donors (Lipinski definition) is 0. The van der Waals surface area contributed by atoms with Gasteiger partial charge in [-0.05, 0) is 54.5 Å². The normalized spacial score (nSPS) is 18.4. The third kappa shape index (κ3) is 3.49. The third-order valence-corrected chi connectivity index (χ3v) is 5.31. The van der Waals surface area contributed by atoms with Crippen molar-refractivity contribution in [1.29, 1.82) is 10.5 Å². The Hall–Kier alpha value is -1.84. The molecule has 0 amide bonds. The van der Waals surface area contributed by atoms with Crippen molar-refractivity contribution < 1.29 is 0 Å². The zero-order chi connectivity index (χ0) is 16.2. The SMILES string of the molecule is CC(C)(C)C1(CC#N)CCN(Cc2ccc(C#N)cc2)CC1. The van der Waals surface area contributed by atoms with E-state index in [0.29, 0.717) is 12.0 Å². The third-order valence-electron chi connectivity index (χ3n) is 5.31. The monoisotopic (exact) mass is 295 g/mol. The van der Waals surface area contributed by atoms with Crippen LogP contribution in [-0.2, 0) is 6.54 Å². The van der Waals surface area contributed by atoms with Gasteiger partial charge < -0.3 is 0 Å². The fourth-order valence-electron chi connectivity index (χ4n) is 3.43. The van der Waals surface area contributed by atoms with Crippen molar-refractivity contribution in [2.75, 3.05) is 13.1 Å². The maximum atomic E-state index is 9.21. The summed E-state index contributed by atoms with van der Waals surface area (Å²) in [6.07, 6.45) is 2.82. The van der Waals surface area contributed by atoms with E-state index in [-0.39, 0.29) is 10.8 Å². The van der Waals surface area contributed by atoms with Gasteiger partial charge in [-0.15, -0.1) is 0 Å². The van der Waals surface area contributed by atoms with Crippen molar-refractivity contribution >= 4 is 0 Å². The van der Waals surface area contributed by atoms with E-state index in [1.165, 1.54) is 5.56 Å². The molecule has 1 fully saturated rings. The van der Waals surface area contributed by atoms with Crippen molar-refractivity contribution in [2.45, 2.75) is 46.6 Å². The van der Waals surface area contributed by atoms with Crippen molar-refractivity contribution in [3.05, 3.63) is 35.4 Å². The Bertz CT molecular complexity index is 573. The van der Waals surface area contributed by atoms with Gasteiger partial charge in [0.05, 0.1) is 17.7 Å². The van der Waals surface area contributed by atoms with Crippen LogP contribution in [0.25, 0.3) is 0 Å². The summed E-state index contributed by atoms with van der Waals surface area (Å²) in [4.78, 5) is 2.46. The largest absolute Gasteiger partial charge is 0.299 e. The van der Waals surface area contributed by atoms with Crippen LogP contribution in [0, 0.1) is 33.5 Å². The minimum absolute atomic E-state index is 0.142. The van der Waals surface area contributed by atoms with Gasteiger partial charge in [-0.25, -0.2) is 0 Å². The molecule has 0 aliphatic carbocycles. The number of benzene rings is 1. The lowest BCUT2D eigenvalue weighted by molar-refractivity contribution is 0.00711. The quantitative estimate of drug-likeness (QED) is 0.843. The van der Waals surface area contributed by atoms with E-state index in [4.69, 9.17) is 5.26 Å². The van der Waals surface area contributed by atoms with Crippen LogP contribution in [0.15, 0.2) is 24.3 Å². The molecule has 0 N–H and O–H groups in total. The van der Waals surface area contributed by atoms with Crippen LogP contribution in [0.4, 0.5) is 0 Å². The van der Waals surface area contributed by atoms with E-state index in [9.17, 15) is 5.26 Å². The molecule has 1 saturated heterocycles. The van der Waals surface area contributed by atoms with Crippen LogP contribution in [0.1, 0.15) is 51.2 Å². The second kappa shape index (κ2) is 6.51. The molecule has 1 heterocycles. The minimum Gasteiger partial charge on any atom is -0.299 e. The van der Waals surface area contributed by atoms with Crippen LogP contribution >= 0.6 is 0 Å². The maximum absolute atomic E-state index is 9.21. The Morgan fingerprint density at radius 2 is 1.68 bits per heavy atom. The molecule has 1 aromatic carbocycles. The lowest BCUT2D eigenvalue weighted by Gasteiger charge is -2.49. The van der Waals surface area contributed by atoms with Crippen molar-refractivity contribution in [1.82, 2.24) is 4.90 Å². The van der Waals surface area contributed by atoms with Gasteiger partial charge in [0.25, 0.3) is 0 Å². The summed E-state index contributed by atoms with van der Waals surface area (Å²) in [5.41, 5.74) is 2.28.